The van der Waals surface area contributed by atoms with Crippen molar-refractivity contribution in [2.75, 3.05) is 12.4 Å². The number of hydrogen-bond donors (Lipinski definition) is 1. The van der Waals surface area contributed by atoms with Crippen LogP contribution in [0.25, 0.3) is 0 Å². The Morgan fingerprint density at radius 2 is 1.82 bits per heavy atom. The van der Waals surface area contributed by atoms with Crippen molar-refractivity contribution in [3.63, 3.8) is 0 Å². The van der Waals surface area contributed by atoms with E-state index in [-0.39, 0.29) is 23.2 Å². The number of fused-ring (bicyclic) bond motifs is 1. The maximum atomic E-state index is 12.7. The molecule has 4 rings (SSSR count). The standard InChI is InChI=1S/C24H20N2O7/c1-14(21(27)25-16-5-3-6-17(12-16)31-2)33-24(30)15-8-9-19-20(11-15)23(29)26(22(19)28)13-18-7-4-10-32-18/h3-12,14H,13H2,1-2H3,(H,25,27). The van der Waals surface area contributed by atoms with Gasteiger partial charge in [0.25, 0.3) is 17.7 Å². The van der Waals surface area contributed by atoms with Gasteiger partial charge in [-0.05, 0) is 49.4 Å². The highest BCUT2D eigenvalue weighted by atomic mass is 16.5. The average Bonchev–Trinajstić information content (AvgIpc) is 3.42. The molecule has 0 saturated heterocycles. The molecule has 1 atom stereocenters. The molecule has 2 heterocycles. The summed E-state index contributed by atoms with van der Waals surface area (Å²) in [7, 11) is 1.51. The Bertz CT molecular complexity index is 1230. The Kier molecular flexibility index (Phi) is 5.95. The molecule has 33 heavy (non-hydrogen) atoms. The molecule has 3 aromatic rings. The largest absolute Gasteiger partial charge is 0.497 e. The van der Waals surface area contributed by atoms with E-state index in [4.69, 9.17) is 13.9 Å². The van der Waals surface area contributed by atoms with Crippen molar-refractivity contribution >= 4 is 29.4 Å². The fourth-order valence-corrected chi connectivity index (χ4v) is 3.35. The van der Waals surface area contributed by atoms with E-state index in [0.717, 1.165) is 4.90 Å². The monoisotopic (exact) mass is 448 g/mol. The van der Waals surface area contributed by atoms with Crippen LogP contribution in [-0.4, -0.2) is 41.8 Å². The van der Waals surface area contributed by atoms with Gasteiger partial charge in [-0.25, -0.2) is 4.79 Å². The summed E-state index contributed by atoms with van der Waals surface area (Å²) < 4.78 is 15.6. The molecule has 0 fully saturated rings. The van der Waals surface area contributed by atoms with E-state index in [9.17, 15) is 19.2 Å². The number of anilines is 1. The molecule has 1 N–H and O–H groups in total. The van der Waals surface area contributed by atoms with Gasteiger partial charge in [-0.15, -0.1) is 0 Å². The van der Waals surface area contributed by atoms with Gasteiger partial charge in [0.15, 0.2) is 6.10 Å². The molecule has 1 aromatic heterocycles. The van der Waals surface area contributed by atoms with Crippen LogP contribution in [0.15, 0.2) is 65.3 Å². The van der Waals surface area contributed by atoms with Gasteiger partial charge < -0.3 is 19.2 Å². The molecule has 0 aliphatic carbocycles. The maximum absolute atomic E-state index is 12.7. The van der Waals surface area contributed by atoms with Crippen LogP contribution < -0.4 is 10.1 Å². The molecular weight excluding hydrogens is 428 g/mol. The smallest absolute Gasteiger partial charge is 0.338 e. The third-order valence-electron chi connectivity index (χ3n) is 5.09. The van der Waals surface area contributed by atoms with Crippen molar-refractivity contribution in [3.05, 3.63) is 83.3 Å². The minimum atomic E-state index is -1.11. The Hall–Kier alpha value is -4.40. The zero-order valence-electron chi connectivity index (χ0n) is 17.9. The molecule has 9 heteroatoms. The number of methoxy groups -OCH3 is 1. The van der Waals surface area contributed by atoms with E-state index in [0.29, 0.717) is 17.2 Å². The van der Waals surface area contributed by atoms with E-state index in [1.807, 2.05) is 0 Å². The first kappa shape index (κ1) is 21.8. The number of nitrogens with one attached hydrogen (secondary N) is 1. The second-order valence-corrected chi connectivity index (χ2v) is 7.30. The molecule has 2 aromatic carbocycles. The molecule has 3 amide bonds. The lowest BCUT2D eigenvalue weighted by atomic mass is 10.1. The van der Waals surface area contributed by atoms with E-state index in [1.165, 1.54) is 38.5 Å². The third kappa shape index (κ3) is 4.47. The Labute approximate surface area is 188 Å². The van der Waals surface area contributed by atoms with Gasteiger partial charge in [0.1, 0.15) is 11.5 Å². The molecule has 1 aliphatic heterocycles. The second-order valence-electron chi connectivity index (χ2n) is 7.30. The molecule has 1 unspecified atom stereocenters. The number of rotatable bonds is 7. The molecular formula is C24H20N2O7. The van der Waals surface area contributed by atoms with Crippen LogP contribution >= 0.6 is 0 Å². The molecule has 0 saturated carbocycles. The van der Waals surface area contributed by atoms with Crippen molar-refractivity contribution < 1.29 is 33.1 Å². The minimum absolute atomic E-state index is 0.0133. The molecule has 1 aliphatic rings. The number of esters is 1. The fraction of sp³-hybridized carbons (Fsp3) is 0.167. The SMILES string of the molecule is COc1cccc(NC(=O)C(C)OC(=O)c2ccc3c(c2)C(=O)N(Cc2ccco2)C3=O)c1. The van der Waals surface area contributed by atoms with Crippen molar-refractivity contribution in [1.29, 1.82) is 0 Å². The molecule has 0 radical (unpaired) electrons. The Morgan fingerprint density at radius 3 is 2.55 bits per heavy atom. The highest BCUT2D eigenvalue weighted by Gasteiger charge is 2.36. The summed E-state index contributed by atoms with van der Waals surface area (Å²) in [5.74, 6) is -1.32. The van der Waals surface area contributed by atoms with Gasteiger partial charge in [0.05, 0.1) is 36.6 Å². The summed E-state index contributed by atoms with van der Waals surface area (Å²) in [6, 6.07) is 14.1. The molecule has 168 valence electrons. The number of furan rings is 1. The number of carbonyl (C=O) groups is 4. The van der Waals surface area contributed by atoms with Crippen LogP contribution in [0.2, 0.25) is 0 Å². The van der Waals surface area contributed by atoms with Crippen LogP contribution in [0.3, 0.4) is 0 Å². The Balaban J connectivity index is 1.43. The first-order valence-corrected chi connectivity index (χ1v) is 10.1. The van der Waals surface area contributed by atoms with Gasteiger partial charge in [-0.3, -0.25) is 19.3 Å². The average molecular weight is 448 g/mol. The normalized spacial score (nSPS) is 13.5. The summed E-state index contributed by atoms with van der Waals surface area (Å²) in [6.45, 7) is 1.42. The topological polar surface area (TPSA) is 115 Å². The number of benzene rings is 2. The highest BCUT2D eigenvalue weighted by Crippen LogP contribution is 2.26. The quantitative estimate of drug-likeness (QED) is 0.436. The molecule has 0 bridgehead atoms. The first-order valence-electron chi connectivity index (χ1n) is 10.1. The summed E-state index contributed by atoms with van der Waals surface area (Å²) in [6.07, 6.45) is 0.345. The number of ether oxygens (including phenoxy) is 2. The minimum Gasteiger partial charge on any atom is -0.497 e. The highest BCUT2D eigenvalue weighted by molar-refractivity contribution is 6.21. The third-order valence-corrected chi connectivity index (χ3v) is 5.09. The number of imide groups is 1. The molecule has 0 spiro atoms. The predicted molar refractivity (Wildman–Crippen MR) is 116 cm³/mol. The lowest BCUT2D eigenvalue weighted by Crippen LogP contribution is -2.30. The number of hydrogen-bond acceptors (Lipinski definition) is 7. The fourth-order valence-electron chi connectivity index (χ4n) is 3.35. The number of carbonyl (C=O) groups excluding carboxylic acids is 4. The van der Waals surface area contributed by atoms with E-state index in [1.54, 1.807) is 36.4 Å². The van der Waals surface area contributed by atoms with Crippen LogP contribution in [-0.2, 0) is 16.1 Å². The predicted octanol–water partition coefficient (Wildman–Crippen LogP) is 3.27. The van der Waals surface area contributed by atoms with E-state index >= 15 is 0 Å². The van der Waals surface area contributed by atoms with Gasteiger partial charge in [-0.1, -0.05) is 6.07 Å². The first-order chi connectivity index (χ1) is 15.9. The summed E-state index contributed by atoms with van der Waals surface area (Å²) in [4.78, 5) is 51.4. The van der Waals surface area contributed by atoms with Gasteiger partial charge >= 0.3 is 5.97 Å². The number of amides is 3. The van der Waals surface area contributed by atoms with Gasteiger partial charge in [0.2, 0.25) is 0 Å². The van der Waals surface area contributed by atoms with Crippen molar-refractivity contribution in [3.8, 4) is 5.75 Å². The second kappa shape index (κ2) is 8.99. The summed E-state index contributed by atoms with van der Waals surface area (Å²) in [5.41, 5.74) is 0.817. The zero-order chi connectivity index (χ0) is 23.5. The zero-order valence-corrected chi connectivity index (χ0v) is 17.9. The lowest BCUT2D eigenvalue weighted by Gasteiger charge is -2.14. The van der Waals surface area contributed by atoms with Gasteiger partial charge in [0, 0.05) is 11.8 Å². The van der Waals surface area contributed by atoms with Gasteiger partial charge in [-0.2, -0.15) is 0 Å². The van der Waals surface area contributed by atoms with Crippen LogP contribution in [0.1, 0.15) is 43.8 Å². The summed E-state index contributed by atoms with van der Waals surface area (Å²) in [5, 5.41) is 2.64. The van der Waals surface area contributed by atoms with Crippen LogP contribution in [0.5, 0.6) is 5.75 Å². The van der Waals surface area contributed by atoms with Crippen molar-refractivity contribution in [2.24, 2.45) is 0 Å². The lowest BCUT2D eigenvalue weighted by molar-refractivity contribution is -0.123. The van der Waals surface area contributed by atoms with Crippen molar-refractivity contribution in [2.45, 2.75) is 19.6 Å². The molecule has 9 nitrogen and oxygen atoms in total. The maximum Gasteiger partial charge on any atom is 0.338 e. The number of nitrogens with zero attached hydrogens (tertiary/aromatic N) is 1. The van der Waals surface area contributed by atoms with Crippen LogP contribution in [0, 0.1) is 0 Å². The summed E-state index contributed by atoms with van der Waals surface area (Å²) >= 11 is 0. The Morgan fingerprint density at radius 1 is 1.03 bits per heavy atom. The van der Waals surface area contributed by atoms with Crippen molar-refractivity contribution in [1.82, 2.24) is 4.90 Å². The van der Waals surface area contributed by atoms with Crippen LogP contribution in [0.4, 0.5) is 5.69 Å². The van der Waals surface area contributed by atoms with E-state index < -0.39 is 29.8 Å². The van der Waals surface area contributed by atoms with E-state index in [2.05, 4.69) is 5.32 Å².